The van der Waals surface area contributed by atoms with Gasteiger partial charge in [0.15, 0.2) is 0 Å². The number of benzene rings is 1. The molecule has 116 valence electrons. The van der Waals surface area contributed by atoms with Crippen molar-refractivity contribution in [3.8, 4) is 0 Å². The standard InChI is InChI=1S/C17H26N2O2/c1-4-19(11-15-7-8-21-12-15)17(20)18-10-16-6-5-13(2)9-14(16)3/h5-6,9,15H,4,7-8,10-12H2,1-3H3,(H,18,20). The van der Waals surface area contributed by atoms with Crippen LogP contribution in [-0.2, 0) is 11.3 Å². The zero-order valence-corrected chi connectivity index (χ0v) is 13.3. The molecule has 1 aliphatic heterocycles. The Kier molecular flexibility index (Phi) is 5.62. The first-order valence-electron chi connectivity index (χ1n) is 7.76. The third-order valence-corrected chi connectivity index (χ3v) is 4.10. The highest BCUT2D eigenvalue weighted by Crippen LogP contribution is 2.14. The number of ether oxygens (including phenoxy) is 1. The van der Waals surface area contributed by atoms with Crippen molar-refractivity contribution in [2.24, 2.45) is 5.92 Å². The molecule has 1 saturated heterocycles. The van der Waals surface area contributed by atoms with E-state index in [4.69, 9.17) is 4.74 Å². The number of carbonyl (C=O) groups is 1. The number of carbonyl (C=O) groups excluding carboxylic acids is 1. The Bertz CT molecular complexity index is 482. The highest BCUT2D eigenvalue weighted by molar-refractivity contribution is 5.74. The van der Waals surface area contributed by atoms with E-state index in [-0.39, 0.29) is 6.03 Å². The summed E-state index contributed by atoms with van der Waals surface area (Å²) in [6.45, 7) is 9.90. The van der Waals surface area contributed by atoms with E-state index in [1.165, 1.54) is 16.7 Å². The lowest BCUT2D eigenvalue weighted by atomic mass is 10.1. The van der Waals surface area contributed by atoms with Crippen molar-refractivity contribution in [1.29, 1.82) is 0 Å². The summed E-state index contributed by atoms with van der Waals surface area (Å²) >= 11 is 0. The summed E-state index contributed by atoms with van der Waals surface area (Å²) in [5.41, 5.74) is 3.65. The van der Waals surface area contributed by atoms with E-state index in [0.717, 1.165) is 32.7 Å². The second-order valence-electron chi connectivity index (χ2n) is 5.86. The lowest BCUT2D eigenvalue weighted by Gasteiger charge is -2.24. The molecule has 0 saturated carbocycles. The molecule has 1 N–H and O–H groups in total. The number of hydrogen-bond acceptors (Lipinski definition) is 2. The minimum Gasteiger partial charge on any atom is -0.381 e. The number of rotatable bonds is 5. The van der Waals surface area contributed by atoms with Crippen LogP contribution in [0.1, 0.15) is 30.0 Å². The van der Waals surface area contributed by atoms with E-state index in [9.17, 15) is 4.79 Å². The van der Waals surface area contributed by atoms with Crippen LogP contribution in [0.3, 0.4) is 0 Å². The predicted molar refractivity (Wildman–Crippen MR) is 84.3 cm³/mol. The monoisotopic (exact) mass is 290 g/mol. The Hall–Kier alpha value is -1.55. The van der Waals surface area contributed by atoms with Gasteiger partial charge in [0.2, 0.25) is 0 Å². The second kappa shape index (κ2) is 7.46. The van der Waals surface area contributed by atoms with Crippen LogP contribution in [0.4, 0.5) is 4.79 Å². The van der Waals surface area contributed by atoms with Crippen molar-refractivity contribution >= 4 is 6.03 Å². The van der Waals surface area contributed by atoms with Crippen molar-refractivity contribution in [3.05, 3.63) is 34.9 Å². The maximum atomic E-state index is 12.3. The normalized spacial score (nSPS) is 17.8. The molecule has 0 aromatic heterocycles. The number of nitrogens with one attached hydrogen (secondary N) is 1. The van der Waals surface area contributed by atoms with Crippen LogP contribution in [0, 0.1) is 19.8 Å². The van der Waals surface area contributed by atoms with Gasteiger partial charge in [0, 0.05) is 32.2 Å². The first-order valence-corrected chi connectivity index (χ1v) is 7.76. The molecule has 1 aromatic rings. The highest BCUT2D eigenvalue weighted by Gasteiger charge is 2.21. The van der Waals surface area contributed by atoms with Gasteiger partial charge in [-0.15, -0.1) is 0 Å². The summed E-state index contributed by atoms with van der Waals surface area (Å²) in [7, 11) is 0. The Balaban J connectivity index is 1.86. The Morgan fingerprint density at radius 2 is 2.24 bits per heavy atom. The fraction of sp³-hybridized carbons (Fsp3) is 0.588. The molecule has 1 atom stereocenters. The van der Waals surface area contributed by atoms with Crippen LogP contribution in [-0.4, -0.2) is 37.2 Å². The van der Waals surface area contributed by atoms with Crippen LogP contribution < -0.4 is 5.32 Å². The Morgan fingerprint density at radius 1 is 1.43 bits per heavy atom. The van der Waals surface area contributed by atoms with Gasteiger partial charge in [0.25, 0.3) is 0 Å². The van der Waals surface area contributed by atoms with Gasteiger partial charge in [-0.2, -0.15) is 0 Å². The zero-order valence-electron chi connectivity index (χ0n) is 13.3. The second-order valence-corrected chi connectivity index (χ2v) is 5.86. The number of amides is 2. The van der Waals surface area contributed by atoms with Gasteiger partial charge in [-0.25, -0.2) is 4.79 Å². The molecular weight excluding hydrogens is 264 g/mol. The van der Waals surface area contributed by atoms with Crippen molar-refractivity contribution in [2.45, 2.75) is 33.7 Å². The molecule has 4 heteroatoms. The molecule has 1 unspecified atom stereocenters. The largest absolute Gasteiger partial charge is 0.381 e. The molecule has 0 spiro atoms. The fourth-order valence-electron chi connectivity index (χ4n) is 2.72. The molecule has 2 rings (SSSR count). The fourth-order valence-corrected chi connectivity index (χ4v) is 2.72. The number of hydrogen-bond donors (Lipinski definition) is 1. The first kappa shape index (κ1) is 15.8. The van der Waals surface area contributed by atoms with Gasteiger partial charge in [-0.05, 0) is 38.3 Å². The molecule has 0 bridgehead atoms. The average molecular weight is 290 g/mol. The quantitative estimate of drug-likeness (QED) is 0.906. The lowest BCUT2D eigenvalue weighted by Crippen LogP contribution is -2.42. The van der Waals surface area contributed by atoms with Gasteiger partial charge in [0.05, 0.1) is 6.61 Å². The molecule has 1 aliphatic rings. The summed E-state index contributed by atoms with van der Waals surface area (Å²) in [6, 6.07) is 6.34. The van der Waals surface area contributed by atoms with E-state index < -0.39 is 0 Å². The summed E-state index contributed by atoms with van der Waals surface area (Å²) in [5, 5.41) is 3.03. The lowest BCUT2D eigenvalue weighted by molar-refractivity contribution is 0.166. The smallest absolute Gasteiger partial charge is 0.317 e. The zero-order chi connectivity index (χ0) is 15.2. The van der Waals surface area contributed by atoms with Crippen LogP contribution in [0.5, 0.6) is 0 Å². The molecule has 4 nitrogen and oxygen atoms in total. The van der Waals surface area contributed by atoms with Crippen LogP contribution >= 0.6 is 0 Å². The van der Waals surface area contributed by atoms with Crippen LogP contribution in [0.15, 0.2) is 18.2 Å². The molecule has 0 aliphatic carbocycles. The van der Waals surface area contributed by atoms with Crippen molar-refractivity contribution in [1.82, 2.24) is 10.2 Å². The summed E-state index contributed by atoms with van der Waals surface area (Å²) in [4.78, 5) is 14.2. The summed E-state index contributed by atoms with van der Waals surface area (Å²) in [6.07, 6.45) is 1.06. The van der Waals surface area contributed by atoms with Gasteiger partial charge in [-0.1, -0.05) is 23.8 Å². The topological polar surface area (TPSA) is 41.6 Å². The predicted octanol–water partition coefficient (Wildman–Crippen LogP) is 2.87. The van der Waals surface area contributed by atoms with Gasteiger partial charge < -0.3 is 15.0 Å². The third kappa shape index (κ3) is 4.46. The van der Waals surface area contributed by atoms with Crippen LogP contribution in [0.25, 0.3) is 0 Å². The van der Waals surface area contributed by atoms with E-state index in [0.29, 0.717) is 12.5 Å². The van der Waals surface area contributed by atoms with Gasteiger partial charge in [0.1, 0.15) is 0 Å². The molecule has 1 aromatic carbocycles. The Morgan fingerprint density at radius 3 is 2.86 bits per heavy atom. The van der Waals surface area contributed by atoms with E-state index >= 15 is 0 Å². The van der Waals surface area contributed by atoms with Crippen LogP contribution in [0.2, 0.25) is 0 Å². The number of nitrogens with zero attached hydrogens (tertiary/aromatic N) is 1. The first-order chi connectivity index (χ1) is 10.1. The van der Waals surface area contributed by atoms with E-state index in [1.807, 2.05) is 11.8 Å². The maximum Gasteiger partial charge on any atom is 0.317 e. The number of aryl methyl sites for hydroxylation is 2. The molecule has 1 heterocycles. The third-order valence-electron chi connectivity index (χ3n) is 4.10. The average Bonchev–Trinajstić information content (AvgIpc) is 2.96. The molecule has 21 heavy (non-hydrogen) atoms. The molecule has 0 radical (unpaired) electrons. The molecular formula is C17H26N2O2. The minimum atomic E-state index is 0.0179. The summed E-state index contributed by atoms with van der Waals surface area (Å²) < 4.78 is 5.38. The van der Waals surface area contributed by atoms with E-state index in [2.05, 4.69) is 37.4 Å². The van der Waals surface area contributed by atoms with Crippen molar-refractivity contribution in [2.75, 3.05) is 26.3 Å². The summed E-state index contributed by atoms with van der Waals surface area (Å²) in [5.74, 6) is 0.483. The SMILES string of the molecule is CCN(CC1CCOC1)C(=O)NCc1ccc(C)cc1C. The molecule has 2 amide bonds. The molecule has 1 fully saturated rings. The van der Waals surface area contributed by atoms with Crippen molar-refractivity contribution < 1.29 is 9.53 Å². The Labute approximate surface area is 127 Å². The van der Waals surface area contributed by atoms with Gasteiger partial charge in [-0.3, -0.25) is 0 Å². The number of urea groups is 1. The van der Waals surface area contributed by atoms with Crippen molar-refractivity contribution in [3.63, 3.8) is 0 Å². The maximum absolute atomic E-state index is 12.3. The highest BCUT2D eigenvalue weighted by atomic mass is 16.5. The minimum absolute atomic E-state index is 0.0179. The van der Waals surface area contributed by atoms with Gasteiger partial charge >= 0.3 is 6.03 Å². The van der Waals surface area contributed by atoms with E-state index in [1.54, 1.807) is 0 Å².